The van der Waals surface area contributed by atoms with Gasteiger partial charge in [-0.05, 0) is 37.7 Å². The van der Waals surface area contributed by atoms with Gasteiger partial charge in [0.1, 0.15) is 11.6 Å². The fourth-order valence-corrected chi connectivity index (χ4v) is 5.22. The monoisotopic (exact) mass is 436 g/mol. The molecule has 5 rings (SSSR count). The van der Waals surface area contributed by atoms with Gasteiger partial charge in [0.2, 0.25) is 5.91 Å². The van der Waals surface area contributed by atoms with Gasteiger partial charge in [-0.1, -0.05) is 30.4 Å². The first kappa shape index (κ1) is 21.1. The molecule has 3 aliphatic rings. The minimum Gasteiger partial charge on any atom is -0.332 e. The maximum atomic E-state index is 14.0. The van der Waals surface area contributed by atoms with Crippen molar-refractivity contribution in [2.24, 2.45) is 5.92 Å². The number of H-pyrrole nitrogens is 1. The van der Waals surface area contributed by atoms with Crippen molar-refractivity contribution in [1.29, 1.82) is 0 Å². The Labute approximate surface area is 187 Å². The van der Waals surface area contributed by atoms with E-state index in [0.717, 1.165) is 44.5 Å². The number of aromatic amines is 1. The number of fused-ring (bicyclic) bond motifs is 1. The Balaban J connectivity index is 1.31. The predicted molar refractivity (Wildman–Crippen MR) is 119 cm³/mol. The molecule has 2 unspecified atom stereocenters. The Bertz CT molecular complexity index is 1100. The fraction of sp³-hybridized carbons (Fsp3) is 0.480. The number of nitrogens with zero attached hydrogens (tertiary/aromatic N) is 3. The maximum Gasteiger partial charge on any atom is 0.255 e. The van der Waals surface area contributed by atoms with Gasteiger partial charge >= 0.3 is 0 Å². The van der Waals surface area contributed by atoms with E-state index in [1.807, 2.05) is 11.0 Å². The lowest BCUT2D eigenvalue weighted by Crippen LogP contribution is -2.38. The number of carbonyl (C=O) groups is 1. The van der Waals surface area contributed by atoms with Gasteiger partial charge in [-0.25, -0.2) is 9.37 Å². The van der Waals surface area contributed by atoms with E-state index in [-0.39, 0.29) is 23.3 Å². The number of hydrogen-bond donors (Lipinski definition) is 1. The molecule has 1 aliphatic carbocycles. The van der Waals surface area contributed by atoms with Gasteiger partial charge in [0.05, 0.1) is 17.3 Å². The number of hydrogen-bond acceptors (Lipinski definition) is 4. The van der Waals surface area contributed by atoms with Gasteiger partial charge in [0.25, 0.3) is 5.56 Å². The van der Waals surface area contributed by atoms with Crippen molar-refractivity contribution in [3.05, 3.63) is 75.2 Å². The molecular formula is C25H29FN4O2. The van der Waals surface area contributed by atoms with E-state index in [4.69, 9.17) is 4.98 Å². The summed E-state index contributed by atoms with van der Waals surface area (Å²) in [5.74, 6) is 0.879. The second-order valence-electron chi connectivity index (χ2n) is 9.14. The van der Waals surface area contributed by atoms with Crippen LogP contribution in [0.25, 0.3) is 0 Å². The summed E-state index contributed by atoms with van der Waals surface area (Å²) in [6.07, 6.45) is 9.33. The van der Waals surface area contributed by atoms with Gasteiger partial charge in [-0.2, -0.15) is 0 Å². The van der Waals surface area contributed by atoms with Crippen molar-refractivity contribution in [3.8, 4) is 0 Å². The molecule has 32 heavy (non-hydrogen) atoms. The summed E-state index contributed by atoms with van der Waals surface area (Å²) >= 11 is 0. The smallest absolute Gasteiger partial charge is 0.255 e. The Morgan fingerprint density at radius 3 is 2.91 bits per heavy atom. The van der Waals surface area contributed by atoms with Crippen LogP contribution in [0, 0.1) is 11.7 Å². The molecule has 1 aromatic carbocycles. The maximum absolute atomic E-state index is 14.0. The highest BCUT2D eigenvalue weighted by Gasteiger charge is 2.34. The summed E-state index contributed by atoms with van der Waals surface area (Å²) in [4.78, 5) is 37.7. The molecule has 2 atom stereocenters. The zero-order chi connectivity index (χ0) is 22.1. The topological polar surface area (TPSA) is 69.3 Å². The highest BCUT2D eigenvalue weighted by Crippen LogP contribution is 2.32. The van der Waals surface area contributed by atoms with Crippen LogP contribution < -0.4 is 5.56 Å². The van der Waals surface area contributed by atoms with Crippen molar-refractivity contribution in [1.82, 2.24) is 19.8 Å². The normalized spacial score (nSPS) is 23.0. The summed E-state index contributed by atoms with van der Waals surface area (Å²) in [5.41, 5.74) is 1.96. The van der Waals surface area contributed by atoms with Crippen LogP contribution in [0.5, 0.6) is 0 Å². The fourth-order valence-electron chi connectivity index (χ4n) is 5.22. The highest BCUT2D eigenvalue weighted by atomic mass is 19.1. The molecule has 3 heterocycles. The van der Waals surface area contributed by atoms with Crippen molar-refractivity contribution < 1.29 is 9.18 Å². The van der Waals surface area contributed by atoms with Crippen LogP contribution in [-0.2, 0) is 24.3 Å². The Morgan fingerprint density at radius 1 is 1.22 bits per heavy atom. The number of nitrogens with one attached hydrogen (secondary N) is 1. The zero-order valence-corrected chi connectivity index (χ0v) is 18.2. The van der Waals surface area contributed by atoms with E-state index >= 15 is 0 Å². The summed E-state index contributed by atoms with van der Waals surface area (Å²) in [5, 5.41) is 0. The third-order valence-electron chi connectivity index (χ3n) is 6.96. The molecule has 0 bridgehead atoms. The molecule has 0 saturated carbocycles. The van der Waals surface area contributed by atoms with Gasteiger partial charge in [-0.15, -0.1) is 0 Å². The highest BCUT2D eigenvalue weighted by molar-refractivity contribution is 5.77. The Morgan fingerprint density at radius 2 is 2.09 bits per heavy atom. The molecule has 2 aromatic rings. The number of rotatable bonds is 5. The first-order chi connectivity index (χ1) is 15.6. The molecule has 6 nitrogen and oxygen atoms in total. The number of aromatic nitrogens is 2. The van der Waals surface area contributed by atoms with Crippen molar-refractivity contribution in [2.45, 2.75) is 57.7 Å². The minimum absolute atomic E-state index is 0.138. The molecular weight excluding hydrogens is 407 g/mol. The quantitative estimate of drug-likeness (QED) is 0.729. The summed E-state index contributed by atoms with van der Waals surface area (Å²) in [7, 11) is 0. The first-order valence-electron chi connectivity index (χ1n) is 11.6. The lowest BCUT2D eigenvalue weighted by atomic mass is 10.0. The lowest BCUT2D eigenvalue weighted by molar-refractivity contribution is -0.133. The Hall–Kier alpha value is -2.80. The summed E-state index contributed by atoms with van der Waals surface area (Å²) in [6, 6.07) is 6.60. The Kier molecular flexibility index (Phi) is 5.91. The van der Waals surface area contributed by atoms with Gasteiger partial charge < -0.3 is 9.88 Å². The van der Waals surface area contributed by atoms with E-state index in [1.54, 1.807) is 12.1 Å². The molecule has 1 N–H and O–H groups in total. The van der Waals surface area contributed by atoms with E-state index in [1.165, 1.54) is 6.07 Å². The van der Waals surface area contributed by atoms with Gasteiger partial charge in [0, 0.05) is 44.6 Å². The van der Waals surface area contributed by atoms with Crippen LogP contribution in [0.15, 0.2) is 41.2 Å². The van der Waals surface area contributed by atoms with Crippen LogP contribution in [0.3, 0.4) is 0 Å². The van der Waals surface area contributed by atoms with Crippen LogP contribution in [-0.4, -0.2) is 38.8 Å². The van der Waals surface area contributed by atoms with Gasteiger partial charge in [0.15, 0.2) is 0 Å². The van der Waals surface area contributed by atoms with Gasteiger partial charge in [-0.3, -0.25) is 14.5 Å². The number of halogens is 1. The second kappa shape index (κ2) is 8.98. The molecule has 1 amide bonds. The van der Waals surface area contributed by atoms with Crippen LogP contribution in [0.2, 0.25) is 0 Å². The van der Waals surface area contributed by atoms with Crippen molar-refractivity contribution in [3.63, 3.8) is 0 Å². The first-order valence-corrected chi connectivity index (χ1v) is 11.6. The van der Waals surface area contributed by atoms with E-state index in [0.29, 0.717) is 48.8 Å². The minimum atomic E-state index is -0.222. The number of amides is 1. The number of likely N-dealkylation sites (tertiary alicyclic amines) is 1. The number of carbonyl (C=O) groups excluding carboxylic acids is 1. The molecule has 2 aliphatic heterocycles. The average molecular weight is 437 g/mol. The zero-order valence-electron chi connectivity index (χ0n) is 18.2. The third kappa shape index (κ3) is 4.26. The summed E-state index contributed by atoms with van der Waals surface area (Å²) < 4.78 is 14.0. The molecule has 1 aromatic heterocycles. The average Bonchev–Trinajstić information content (AvgIpc) is 3.48. The lowest BCUT2D eigenvalue weighted by Gasteiger charge is -2.29. The van der Waals surface area contributed by atoms with Crippen LogP contribution in [0.4, 0.5) is 4.39 Å². The van der Waals surface area contributed by atoms with E-state index < -0.39 is 0 Å². The molecule has 168 valence electrons. The van der Waals surface area contributed by atoms with Crippen LogP contribution in [0.1, 0.15) is 60.8 Å². The molecule has 1 saturated heterocycles. The summed E-state index contributed by atoms with van der Waals surface area (Å²) in [6.45, 7) is 2.36. The SMILES string of the molecule is O=C(CC1C=CCC1)N1CCCC1c1nc2c(c(=O)[nH]1)CN(Cc1ccccc1F)CC2. The van der Waals surface area contributed by atoms with Crippen molar-refractivity contribution in [2.75, 3.05) is 13.1 Å². The second-order valence-corrected chi connectivity index (χ2v) is 9.14. The number of benzene rings is 1. The molecule has 7 heteroatoms. The standard InChI is InChI=1S/C25H29FN4O2/c26-20-9-4-3-8-18(20)15-29-13-11-21-19(16-29)25(32)28-24(27-21)22-10-5-12-30(22)23(31)14-17-6-1-2-7-17/h1,3-4,6,8-9,17,22H,2,5,7,10-16H2,(H,27,28,32). The third-order valence-corrected chi connectivity index (χ3v) is 6.96. The van der Waals surface area contributed by atoms with E-state index in [9.17, 15) is 14.0 Å². The van der Waals surface area contributed by atoms with Crippen molar-refractivity contribution >= 4 is 5.91 Å². The largest absolute Gasteiger partial charge is 0.332 e. The molecule has 0 spiro atoms. The van der Waals surface area contributed by atoms with Crippen LogP contribution >= 0.6 is 0 Å². The molecule has 1 fully saturated rings. The number of allylic oxidation sites excluding steroid dienone is 2. The van der Waals surface area contributed by atoms with E-state index in [2.05, 4.69) is 22.0 Å². The predicted octanol–water partition coefficient (Wildman–Crippen LogP) is 3.49. The molecule has 0 radical (unpaired) electrons.